The third-order valence-electron chi connectivity index (χ3n) is 3.22. The Morgan fingerprint density at radius 2 is 2.09 bits per heavy atom. The minimum absolute atomic E-state index is 0.362. The van der Waals surface area contributed by atoms with Crippen LogP contribution >= 0.6 is 0 Å². The molecule has 0 bridgehead atoms. The van der Waals surface area contributed by atoms with Crippen molar-refractivity contribution in [3.05, 3.63) is 11.7 Å². The molecular weight excluding hydrogens is 278 g/mol. The summed E-state index contributed by atoms with van der Waals surface area (Å²) in [5.41, 5.74) is 0.362. The molecule has 0 fully saturated rings. The first-order chi connectivity index (χ1) is 10.3. The van der Waals surface area contributed by atoms with Gasteiger partial charge in [0.05, 0.1) is 6.54 Å². The zero-order chi connectivity index (χ0) is 16.6. The molecule has 0 saturated heterocycles. The fraction of sp³-hybridized carbons (Fsp3) is 0.812. The van der Waals surface area contributed by atoms with Gasteiger partial charge in [-0.05, 0) is 39.0 Å². The van der Waals surface area contributed by atoms with Gasteiger partial charge in [-0.25, -0.2) is 0 Å². The van der Waals surface area contributed by atoms with Crippen LogP contribution in [0.3, 0.4) is 0 Å². The summed E-state index contributed by atoms with van der Waals surface area (Å²) >= 11 is 0. The lowest BCUT2D eigenvalue weighted by Gasteiger charge is -2.23. The van der Waals surface area contributed by atoms with Gasteiger partial charge in [0.25, 0.3) is 0 Å². The summed E-state index contributed by atoms with van der Waals surface area (Å²) in [6.07, 6.45) is 2.96. The van der Waals surface area contributed by atoms with E-state index in [0.717, 1.165) is 18.9 Å². The Morgan fingerprint density at radius 3 is 2.64 bits per heavy atom. The van der Waals surface area contributed by atoms with Gasteiger partial charge in [-0.15, -0.1) is 0 Å². The highest BCUT2D eigenvalue weighted by Gasteiger charge is 2.13. The highest BCUT2D eigenvalue weighted by molar-refractivity contribution is 5.80. The molecule has 0 radical (unpaired) electrons. The van der Waals surface area contributed by atoms with E-state index in [4.69, 9.17) is 4.52 Å². The molecule has 0 amide bonds. The molecule has 1 heterocycles. The van der Waals surface area contributed by atoms with Crippen molar-refractivity contribution in [2.24, 2.45) is 10.4 Å². The Morgan fingerprint density at radius 1 is 1.36 bits per heavy atom. The van der Waals surface area contributed by atoms with Crippen LogP contribution in [0.2, 0.25) is 0 Å². The van der Waals surface area contributed by atoms with E-state index < -0.39 is 0 Å². The van der Waals surface area contributed by atoms with Gasteiger partial charge in [-0.2, -0.15) is 4.98 Å². The minimum Gasteiger partial charge on any atom is -0.357 e. The van der Waals surface area contributed by atoms with Crippen LogP contribution in [0, 0.1) is 12.3 Å². The first-order valence-electron chi connectivity index (χ1n) is 8.14. The fourth-order valence-electron chi connectivity index (χ4n) is 1.98. The van der Waals surface area contributed by atoms with Gasteiger partial charge in [0.2, 0.25) is 5.89 Å². The van der Waals surface area contributed by atoms with E-state index >= 15 is 0 Å². The predicted octanol–water partition coefficient (Wildman–Crippen LogP) is 2.69. The average Bonchev–Trinajstić information content (AvgIpc) is 2.81. The van der Waals surface area contributed by atoms with E-state index in [1.54, 1.807) is 0 Å². The molecule has 1 aromatic rings. The van der Waals surface area contributed by atoms with Crippen molar-refractivity contribution >= 4 is 5.96 Å². The molecule has 0 aliphatic rings. The first-order valence-corrected chi connectivity index (χ1v) is 8.14. The van der Waals surface area contributed by atoms with Gasteiger partial charge in [0.1, 0.15) is 0 Å². The average molecular weight is 309 g/mol. The molecule has 0 aromatic carbocycles. The Hall–Kier alpha value is -1.59. The van der Waals surface area contributed by atoms with E-state index in [0.29, 0.717) is 36.1 Å². The summed E-state index contributed by atoms with van der Waals surface area (Å²) in [4.78, 5) is 8.75. The van der Waals surface area contributed by atoms with Crippen LogP contribution in [0.1, 0.15) is 59.2 Å². The third kappa shape index (κ3) is 8.00. The molecule has 0 aliphatic carbocycles. The highest BCUT2D eigenvalue weighted by atomic mass is 16.5. The monoisotopic (exact) mass is 309 g/mol. The van der Waals surface area contributed by atoms with Crippen LogP contribution in [0.4, 0.5) is 0 Å². The molecule has 1 aromatic heterocycles. The van der Waals surface area contributed by atoms with Gasteiger partial charge in [0, 0.05) is 19.0 Å². The van der Waals surface area contributed by atoms with Crippen LogP contribution in [0.15, 0.2) is 9.52 Å². The summed E-state index contributed by atoms with van der Waals surface area (Å²) in [5, 5.41) is 10.5. The molecule has 6 heteroatoms. The maximum absolute atomic E-state index is 5.09. The lowest BCUT2D eigenvalue weighted by molar-refractivity contribution is 0.346. The summed E-state index contributed by atoms with van der Waals surface area (Å²) in [7, 11) is 0. The van der Waals surface area contributed by atoms with E-state index in [-0.39, 0.29) is 0 Å². The Bertz CT molecular complexity index is 461. The summed E-state index contributed by atoms with van der Waals surface area (Å²) in [5.74, 6) is 2.15. The quantitative estimate of drug-likeness (QED) is 0.598. The number of rotatable bonds is 7. The second-order valence-corrected chi connectivity index (χ2v) is 6.89. The number of hydrogen-bond donors (Lipinski definition) is 2. The number of aromatic nitrogens is 2. The fourth-order valence-corrected chi connectivity index (χ4v) is 1.98. The normalized spacial score (nSPS) is 14.0. The van der Waals surface area contributed by atoms with E-state index in [2.05, 4.69) is 60.4 Å². The molecule has 0 saturated carbocycles. The number of nitrogens with zero attached hydrogens (tertiary/aromatic N) is 3. The van der Waals surface area contributed by atoms with E-state index in [1.165, 1.54) is 6.42 Å². The van der Waals surface area contributed by atoms with Crippen molar-refractivity contribution in [1.29, 1.82) is 0 Å². The van der Waals surface area contributed by atoms with Gasteiger partial charge in [-0.1, -0.05) is 25.9 Å². The van der Waals surface area contributed by atoms with Gasteiger partial charge in [-0.3, -0.25) is 4.99 Å². The molecule has 6 nitrogen and oxygen atoms in total. The molecular formula is C16H31N5O. The molecule has 1 atom stereocenters. The second-order valence-electron chi connectivity index (χ2n) is 6.89. The van der Waals surface area contributed by atoms with Crippen LogP contribution in [0.25, 0.3) is 0 Å². The molecule has 0 aliphatic heterocycles. The Labute approximate surface area is 134 Å². The molecule has 22 heavy (non-hydrogen) atoms. The molecule has 1 unspecified atom stereocenters. The van der Waals surface area contributed by atoms with Crippen molar-refractivity contribution in [2.45, 2.75) is 66.8 Å². The van der Waals surface area contributed by atoms with Crippen LogP contribution in [-0.2, 0) is 6.42 Å². The summed E-state index contributed by atoms with van der Waals surface area (Å²) in [6.45, 7) is 14.4. The van der Waals surface area contributed by atoms with Crippen molar-refractivity contribution in [2.75, 3.05) is 13.1 Å². The van der Waals surface area contributed by atoms with Crippen LogP contribution in [-0.4, -0.2) is 35.2 Å². The van der Waals surface area contributed by atoms with Crippen molar-refractivity contribution in [1.82, 2.24) is 20.8 Å². The van der Waals surface area contributed by atoms with Crippen molar-refractivity contribution < 1.29 is 4.52 Å². The first kappa shape index (κ1) is 18.5. The van der Waals surface area contributed by atoms with Gasteiger partial charge < -0.3 is 15.2 Å². The summed E-state index contributed by atoms with van der Waals surface area (Å²) in [6, 6.07) is 0.391. The van der Waals surface area contributed by atoms with Gasteiger partial charge >= 0.3 is 0 Å². The highest BCUT2D eigenvalue weighted by Crippen LogP contribution is 2.21. The van der Waals surface area contributed by atoms with Crippen LogP contribution in [0.5, 0.6) is 0 Å². The SMILES string of the molecule is CCNC(=NCCc1nc(C)no1)NC(C)CCC(C)(C)C. The van der Waals surface area contributed by atoms with Crippen molar-refractivity contribution in [3.8, 4) is 0 Å². The summed E-state index contributed by atoms with van der Waals surface area (Å²) < 4.78 is 5.09. The van der Waals surface area contributed by atoms with Crippen LogP contribution < -0.4 is 10.6 Å². The molecule has 126 valence electrons. The van der Waals surface area contributed by atoms with E-state index in [1.807, 2.05) is 6.92 Å². The van der Waals surface area contributed by atoms with Gasteiger partial charge in [0.15, 0.2) is 11.8 Å². The Balaban J connectivity index is 2.44. The zero-order valence-corrected chi connectivity index (χ0v) is 14.9. The second kappa shape index (κ2) is 8.76. The topological polar surface area (TPSA) is 75.3 Å². The molecule has 2 N–H and O–H groups in total. The number of aryl methyl sites for hydroxylation is 1. The standard InChI is InChI=1S/C16H31N5O/c1-7-17-15(19-12(2)8-10-16(4,5)6)18-11-9-14-20-13(3)21-22-14/h12H,7-11H2,1-6H3,(H2,17,18,19). The number of aliphatic imine (C=N–C) groups is 1. The largest absolute Gasteiger partial charge is 0.357 e. The maximum atomic E-state index is 5.09. The zero-order valence-electron chi connectivity index (χ0n) is 14.9. The minimum atomic E-state index is 0.362. The number of nitrogens with one attached hydrogen (secondary N) is 2. The van der Waals surface area contributed by atoms with Crippen molar-refractivity contribution in [3.63, 3.8) is 0 Å². The predicted molar refractivity (Wildman–Crippen MR) is 90.0 cm³/mol. The smallest absolute Gasteiger partial charge is 0.228 e. The number of guanidine groups is 1. The molecule has 1 rings (SSSR count). The maximum Gasteiger partial charge on any atom is 0.228 e. The Kier molecular flexibility index (Phi) is 7.35. The number of hydrogen-bond acceptors (Lipinski definition) is 4. The van der Waals surface area contributed by atoms with E-state index in [9.17, 15) is 0 Å². The third-order valence-corrected chi connectivity index (χ3v) is 3.22. The molecule has 0 spiro atoms. The lowest BCUT2D eigenvalue weighted by atomic mass is 9.89. The lowest BCUT2D eigenvalue weighted by Crippen LogP contribution is -2.42.